The molecule has 0 radical (unpaired) electrons. The summed E-state index contributed by atoms with van der Waals surface area (Å²) in [4.78, 5) is 3.64. The molecule has 0 amide bonds. The Hall–Kier alpha value is -1.12. The van der Waals surface area contributed by atoms with Gasteiger partial charge in [0.25, 0.3) is 0 Å². The van der Waals surface area contributed by atoms with Crippen molar-refractivity contribution >= 4 is 6.08 Å². The Morgan fingerprint density at radius 3 is 2.27 bits per heavy atom. The van der Waals surface area contributed by atoms with Gasteiger partial charge in [0.05, 0.1) is 13.1 Å². The Bertz CT molecular complexity index is 440. The van der Waals surface area contributed by atoms with Crippen LogP contribution in [0.4, 0.5) is 0 Å². The topological polar surface area (TPSA) is 8.88 Å². The van der Waals surface area contributed by atoms with Gasteiger partial charge in [-0.3, -0.25) is 0 Å². The van der Waals surface area contributed by atoms with Crippen LogP contribution in [0, 0.1) is 5.92 Å². The molecule has 0 atom stereocenters. The lowest BCUT2D eigenvalue weighted by Crippen LogP contribution is -3.28. The molecule has 2 fully saturated rings. The van der Waals surface area contributed by atoms with Crippen molar-refractivity contribution in [1.29, 1.82) is 0 Å². The Balaban J connectivity index is 1.35. The van der Waals surface area contributed by atoms with Crippen LogP contribution in [0.1, 0.15) is 37.7 Å². The predicted molar refractivity (Wildman–Crippen MR) is 93.2 cm³/mol. The van der Waals surface area contributed by atoms with Gasteiger partial charge >= 0.3 is 0 Å². The van der Waals surface area contributed by atoms with Crippen molar-refractivity contribution in [3.8, 4) is 0 Å². The largest absolute Gasteiger partial charge is 0.325 e. The van der Waals surface area contributed by atoms with Crippen molar-refractivity contribution in [2.75, 3.05) is 39.3 Å². The minimum atomic E-state index is 1.03. The van der Waals surface area contributed by atoms with Crippen molar-refractivity contribution in [3.63, 3.8) is 0 Å². The number of nitrogens with one attached hydrogen (secondary N) is 2. The summed E-state index contributed by atoms with van der Waals surface area (Å²) in [6, 6.07) is 10.7. The molecule has 1 saturated heterocycles. The molecule has 0 spiro atoms. The van der Waals surface area contributed by atoms with Crippen molar-refractivity contribution in [3.05, 3.63) is 42.0 Å². The molecule has 120 valence electrons. The van der Waals surface area contributed by atoms with Gasteiger partial charge in [-0.2, -0.15) is 0 Å². The second-order valence-corrected chi connectivity index (χ2v) is 7.23. The summed E-state index contributed by atoms with van der Waals surface area (Å²) in [6.45, 7) is 8.09. The van der Waals surface area contributed by atoms with Crippen LogP contribution in [0.5, 0.6) is 0 Å². The Kier molecular flexibility index (Phi) is 6.09. The average Bonchev–Trinajstić information content (AvgIpc) is 2.58. The highest BCUT2D eigenvalue weighted by molar-refractivity contribution is 5.48. The van der Waals surface area contributed by atoms with E-state index in [1.807, 2.05) is 4.90 Å². The molecule has 1 aliphatic heterocycles. The van der Waals surface area contributed by atoms with E-state index in [0.29, 0.717) is 0 Å². The lowest BCUT2D eigenvalue weighted by Gasteiger charge is -2.32. The number of benzene rings is 1. The zero-order chi connectivity index (χ0) is 15.0. The second kappa shape index (κ2) is 8.50. The van der Waals surface area contributed by atoms with Crippen molar-refractivity contribution < 1.29 is 9.80 Å². The maximum Gasteiger partial charge on any atom is 0.127 e. The minimum absolute atomic E-state index is 1.03. The van der Waals surface area contributed by atoms with E-state index in [1.165, 1.54) is 76.9 Å². The fourth-order valence-electron chi connectivity index (χ4n) is 4.09. The van der Waals surface area contributed by atoms with E-state index in [4.69, 9.17) is 0 Å². The van der Waals surface area contributed by atoms with Crippen molar-refractivity contribution in [1.82, 2.24) is 0 Å². The molecule has 1 aliphatic carbocycles. The van der Waals surface area contributed by atoms with Gasteiger partial charge in [-0.25, -0.2) is 0 Å². The van der Waals surface area contributed by atoms with Crippen molar-refractivity contribution in [2.24, 2.45) is 5.92 Å². The molecule has 2 heteroatoms. The highest BCUT2D eigenvalue weighted by atomic mass is 15.3. The zero-order valence-corrected chi connectivity index (χ0v) is 13.9. The Morgan fingerprint density at radius 2 is 1.55 bits per heavy atom. The molecular weight excluding hydrogens is 268 g/mol. The summed E-state index contributed by atoms with van der Waals surface area (Å²) < 4.78 is 0. The fourth-order valence-corrected chi connectivity index (χ4v) is 4.09. The molecule has 2 nitrogen and oxygen atoms in total. The zero-order valence-electron chi connectivity index (χ0n) is 13.9. The Morgan fingerprint density at radius 1 is 0.864 bits per heavy atom. The number of hydrogen-bond donors (Lipinski definition) is 2. The SMILES string of the molecule is C(=C\c1ccccc1)/C[NH+]1CC[NH+](CC2CCCCC2)CC1. The van der Waals surface area contributed by atoms with Crippen LogP contribution in [0.15, 0.2) is 36.4 Å². The molecular formula is C20H32N2+2. The van der Waals surface area contributed by atoms with E-state index in [2.05, 4.69) is 42.5 Å². The van der Waals surface area contributed by atoms with Gasteiger partial charge in [-0.15, -0.1) is 0 Å². The molecule has 0 aromatic heterocycles. The molecule has 2 aliphatic rings. The van der Waals surface area contributed by atoms with E-state index in [0.717, 1.165) is 5.92 Å². The quantitative estimate of drug-likeness (QED) is 0.805. The third kappa shape index (κ3) is 4.96. The molecule has 1 aromatic rings. The fraction of sp³-hybridized carbons (Fsp3) is 0.600. The number of rotatable bonds is 5. The van der Waals surface area contributed by atoms with Crippen LogP contribution in [-0.4, -0.2) is 39.3 Å². The van der Waals surface area contributed by atoms with Crippen LogP contribution < -0.4 is 9.80 Å². The lowest BCUT2D eigenvalue weighted by molar-refractivity contribution is -1.01. The predicted octanol–water partition coefficient (Wildman–Crippen LogP) is 1.06. The van der Waals surface area contributed by atoms with Crippen LogP contribution in [0.3, 0.4) is 0 Å². The van der Waals surface area contributed by atoms with E-state index in [1.54, 1.807) is 4.90 Å². The summed E-state index contributed by atoms with van der Waals surface area (Å²) in [5.41, 5.74) is 1.32. The summed E-state index contributed by atoms with van der Waals surface area (Å²) >= 11 is 0. The third-order valence-electron chi connectivity index (χ3n) is 5.48. The third-order valence-corrected chi connectivity index (χ3v) is 5.48. The number of hydrogen-bond acceptors (Lipinski definition) is 0. The molecule has 2 N–H and O–H groups in total. The molecule has 1 saturated carbocycles. The molecule has 1 heterocycles. The lowest BCUT2D eigenvalue weighted by atomic mass is 9.89. The normalized spacial score (nSPS) is 27.3. The highest BCUT2D eigenvalue weighted by Crippen LogP contribution is 2.22. The standard InChI is InChI=1S/C20H30N2/c1-3-8-19(9-4-1)12-7-13-21-14-16-22(17-15-21)18-20-10-5-2-6-11-20/h1,3-4,7-9,12,20H,2,5-6,10-11,13-18H2/p+2/b12-7+. The van der Waals surface area contributed by atoms with Gasteiger partial charge in [-0.05, 0) is 24.5 Å². The first-order chi connectivity index (χ1) is 10.9. The first kappa shape index (κ1) is 15.8. The molecule has 0 unspecified atom stereocenters. The first-order valence-corrected chi connectivity index (χ1v) is 9.29. The molecule has 3 rings (SSSR count). The van der Waals surface area contributed by atoms with E-state index < -0.39 is 0 Å². The Labute approximate surface area is 135 Å². The highest BCUT2D eigenvalue weighted by Gasteiger charge is 2.25. The van der Waals surface area contributed by atoms with Crippen LogP contribution >= 0.6 is 0 Å². The van der Waals surface area contributed by atoms with E-state index >= 15 is 0 Å². The van der Waals surface area contributed by atoms with Gasteiger partial charge < -0.3 is 9.80 Å². The van der Waals surface area contributed by atoms with Crippen molar-refractivity contribution in [2.45, 2.75) is 32.1 Å². The van der Waals surface area contributed by atoms with Gasteiger partial charge in [-0.1, -0.05) is 55.7 Å². The summed E-state index contributed by atoms with van der Waals surface area (Å²) in [5, 5.41) is 0. The van der Waals surface area contributed by atoms with Gasteiger partial charge in [0.15, 0.2) is 0 Å². The summed E-state index contributed by atoms with van der Waals surface area (Å²) in [7, 11) is 0. The van der Waals surface area contributed by atoms with E-state index in [-0.39, 0.29) is 0 Å². The minimum Gasteiger partial charge on any atom is -0.325 e. The second-order valence-electron chi connectivity index (χ2n) is 7.23. The van der Waals surface area contributed by atoms with E-state index in [9.17, 15) is 0 Å². The average molecular weight is 300 g/mol. The number of quaternary nitrogens is 2. The molecule has 22 heavy (non-hydrogen) atoms. The maximum absolute atomic E-state index is 2.36. The monoisotopic (exact) mass is 300 g/mol. The first-order valence-electron chi connectivity index (χ1n) is 9.29. The van der Waals surface area contributed by atoms with Gasteiger partial charge in [0.2, 0.25) is 0 Å². The maximum atomic E-state index is 2.36. The summed E-state index contributed by atoms with van der Waals surface area (Å²) in [6.07, 6.45) is 12.1. The summed E-state index contributed by atoms with van der Waals surface area (Å²) in [5.74, 6) is 1.03. The number of piperazine rings is 1. The van der Waals surface area contributed by atoms with Crippen LogP contribution in [0.25, 0.3) is 6.08 Å². The van der Waals surface area contributed by atoms with Gasteiger partial charge in [0.1, 0.15) is 26.2 Å². The molecule has 0 bridgehead atoms. The van der Waals surface area contributed by atoms with Crippen LogP contribution in [-0.2, 0) is 0 Å². The van der Waals surface area contributed by atoms with Crippen LogP contribution in [0.2, 0.25) is 0 Å². The van der Waals surface area contributed by atoms with Gasteiger partial charge in [0, 0.05) is 5.92 Å². The molecule has 1 aromatic carbocycles. The smallest absolute Gasteiger partial charge is 0.127 e.